The van der Waals surface area contributed by atoms with Crippen LogP contribution < -0.4 is 0 Å². The number of rotatable bonds is 5. The predicted octanol–water partition coefficient (Wildman–Crippen LogP) is 3.02. The van der Waals surface area contributed by atoms with E-state index in [1.165, 1.54) is 11.5 Å². The van der Waals surface area contributed by atoms with Crippen LogP contribution >= 0.6 is 36.2 Å². The Morgan fingerprint density at radius 2 is 1.67 bits per heavy atom. The normalized spacial score (nSPS) is 10.7. The summed E-state index contributed by atoms with van der Waals surface area (Å²) in [7, 11) is 0. The quantitative estimate of drug-likeness (QED) is 0.598. The van der Waals surface area contributed by atoms with Crippen molar-refractivity contribution < 1.29 is 0 Å². The Morgan fingerprint density at radius 3 is 1.89 bits per heavy atom. The highest BCUT2D eigenvalue weighted by molar-refractivity contribution is 8.17. The predicted molar refractivity (Wildman–Crippen MR) is 52.5 cm³/mol. The van der Waals surface area contributed by atoms with Crippen LogP contribution in [0, 0.1) is 0 Å². The number of hydrogen-bond acceptors (Lipinski definition) is 2. The molecule has 0 aliphatic carbocycles. The highest BCUT2D eigenvalue weighted by Crippen LogP contribution is 2.23. The van der Waals surface area contributed by atoms with E-state index in [1.807, 2.05) is 23.5 Å². The van der Waals surface area contributed by atoms with Crippen molar-refractivity contribution in [3.8, 4) is 0 Å². The second-order valence-corrected chi connectivity index (χ2v) is 5.10. The highest BCUT2D eigenvalue weighted by atomic mass is 32.2. The molecule has 55 valence electrons. The first-order valence-corrected chi connectivity index (χ1v) is 5.83. The molecular formula is C6H13S3. The van der Waals surface area contributed by atoms with Crippen LogP contribution in [0.1, 0.15) is 13.8 Å². The first-order chi connectivity index (χ1) is 4.35. The Morgan fingerprint density at radius 1 is 1.22 bits per heavy atom. The third-order valence-corrected chi connectivity index (χ3v) is 4.16. The van der Waals surface area contributed by atoms with Crippen molar-refractivity contribution in [3.63, 3.8) is 0 Å². The molecule has 0 aliphatic rings. The molecule has 0 N–H and O–H groups in total. The lowest BCUT2D eigenvalue weighted by atomic mass is 10.9. The second kappa shape index (κ2) is 7.16. The molecule has 9 heavy (non-hydrogen) atoms. The van der Waals surface area contributed by atoms with Gasteiger partial charge in [0, 0.05) is 5.75 Å². The zero-order valence-electron chi connectivity index (χ0n) is 5.92. The molecule has 0 spiro atoms. The van der Waals surface area contributed by atoms with E-state index in [-0.39, 0.29) is 0 Å². The maximum Gasteiger partial charge on any atom is 0.0600 e. The lowest BCUT2D eigenvalue weighted by molar-refractivity contribution is 1.40. The molecule has 0 rings (SSSR count). The molecule has 0 amide bonds. The first-order valence-electron chi connectivity index (χ1n) is 3.16. The van der Waals surface area contributed by atoms with Crippen molar-refractivity contribution in [2.24, 2.45) is 0 Å². The van der Waals surface area contributed by atoms with Crippen molar-refractivity contribution in [3.05, 3.63) is 0 Å². The summed E-state index contributed by atoms with van der Waals surface area (Å²) in [6, 6.07) is 0. The average Bonchev–Trinajstić information content (AvgIpc) is 1.88. The Hall–Kier alpha value is 1.05. The van der Waals surface area contributed by atoms with Gasteiger partial charge in [0.05, 0.1) is 4.58 Å². The molecule has 0 heterocycles. The van der Waals surface area contributed by atoms with Gasteiger partial charge in [-0.05, 0) is 11.5 Å². The van der Waals surface area contributed by atoms with E-state index < -0.39 is 0 Å². The van der Waals surface area contributed by atoms with Crippen LogP contribution in [0.25, 0.3) is 0 Å². The van der Waals surface area contributed by atoms with E-state index in [2.05, 4.69) is 13.8 Å². The number of thioether (sulfide) groups is 2. The van der Waals surface area contributed by atoms with Crippen LogP contribution in [0.5, 0.6) is 0 Å². The van der Waals surface area contributed by atoms with Gasteiger partial charge in [-0.25, -0.2) is 0 Å². The Bertz CT molecular complexity index is 50.3. The van der Waals surface area contributed by atoms with Crippen LogP contribution in [0.2, 0.25) is 0 Å². The van der Waals surface area contributed by atoms with E-state index in [4.69, 9.17) is 12.6 Å². The summed E-state index contributed by atoms with van der Waals surface area (Å²) in [5.41, 5.74) is 0. The summed E-state index contributed by atoms with van der Waals surface area (Å²) in [4.78, 5) is 0. The maximum absolute atomic E-state index is 4.96. The van der Waals surface area contributed by atoms with Crippen molar-refractivity contribution >= 4 is 36.2 Å². The Kier molecular flexibility index (Phi) is 8.00. The smallest absolute Gasteiger partial charge is 0.0600 e. The summed E-state index contributed by atoms with van der Waals surface area (Å²) < 4.78 is 0.662. The molecular weight excluding hydrogens is 168 g/mol. The fraction of sp³-hybridized carbons (Fsp3) is 1.00. The summed E-state index contributed by atoms with van der Waals surface area (Å²) in [5.74, 6) is 3.26. The zero-order chi connectivity index (χ0) is 7.11. The molecule has 0 saturated heterocycles. The highest BCUT2D eigenvalue weighted by Gasteiger charge is 2.03. The molecule has 0 aromatic carbocycles. The molecule has 0 fully saturated rings. The summed E-state index contributed by atoms with van der Waals surface area (Å²) in [6.45, 7) is 4.36. The molecule has 0 nitrogen and oxygen atoms in total. The van der Waals surface area contributed by atoms with Crippen LogP contribution in [-0.2, 0) is 0 Å². The topological polar surface area (TPSA) is 0 Å². The molecule has 0 aliphatic heterocycles. The van der Waals surface area contributed by atoms with Crippen LogP contribution in [0.15, 0.2) is 0 Å². The first kappa shape index (κ1) is 10.0. The third kappa shape index (κ3) is 5.49. The van der Waals surface area contributed by atoms with E-state index >= 15 is 0 Å². The third-order valence-electron chi connectivity index (χ3n) is 0.841. The van der Waals surface area contributed by atoms with Gasteiger partial charge in [0.1, 0.15) is 0 Å². The lowest BCUT2D eigenvalue weighted by Gasteiger charge is -2.09. The van der Waals surface area contributed by atoms with E-state index in [9.17, 15) is 0 Å². The van der Waals surface area contributed by atoms with Crippen molar-refractivity contribution in [2.75, 3.05) is 17.3 Å². The van der Waals surface area contributed by atoms with Crippen LogP contribution in [0.4, 0.5) is 0 Å². The minimum absolute atomic E-state index is 0.662. The van der Waals surface area contributed by atoms with Gasteiger partial charge < -0.3 is 0 Å². The standard InChI is InChI=1S/C6H13S3/c1-3-8-6(5-7)9-4-2/h6H,3-5H2,1-2H3. The summed E-state index contributed by atoms with van der Waals surface area (Å²) in [5, 5.41) is 0. The molecule has 1 radical (unpaired) electrons. The Labute approximate surface area is 72.0 Å². The van der Waals surface area contributed by atoms with Gasteiger partial charge in [-0.2, -0.15) is 0 Å². The zero-order valence-corrected chi connectivity index (χ0v) is 8.37. The molecule has 0 unspecified atom stereocenters. The monoisotopic (exact) mass is 181 g/mol. The van der Waals surface area contributed by atoms with Gasteiger partial charge in [0.2, 0.25) is 0 Å². The minimum Gasteiger partial charge on any atom is -0.147 e. The Balaban J connectivity index is 3.18. The summed E-state index contributed by atoms with van der Waals surface area (Å²) in [6.07, 6.45) is 0. The van der Waals surface area contributed by atoms with Crippen LogP contribution in [0.3, 0.4) is 0 Å². The fourth-order valence-electron chi connectivity index (χ4n) is 0.516. The van der Waals surface area contributed by atoms with Crippen molar-refractivity contribution in [2.45, 2.75) is 18.4 Å². The van der Waals surface area contributed by atoms with E-state index in [1.54, 1.807) is 0 Å². The summed E-state index contributed by atoms with van der Waals surface area (Å²) >= 11 is 8.88. The molecule has 0 bridgehead atoms. The van der Waals surface area contributed by atoms with E-state index in [0.717, 1.165) is 5.75 Å². The maximum atomic E-state index is 4.96. The molecule has 0 saturated carbocycles. The minimum atomic E-state index is 0.662. The lowest BCUT2D eigenvalue weighted by Crippen LogP contribution is -1.98. The van der Waals surface area contributed by atoms with Gasteiger partial charge in [0.25, 0.3) is 0 Å². The van der Waals surface area contributed by atoms with Gasteiger partial charge in [-0.15, -0.1) is 23.5 Å². The number of hydrogen-bond donors (Lipinski definition) is 0. The molecule has 3 heteroatoms. The largest absolute Gasteiger partial charge is 0.147 e. The SMILES string of the molecule is CCSC(C[S])SCC. The van der Waals surface area contributed by atoms with Gasteiger partial charge >= 0.3 is 0 Å². The van der Waals surface area contributed by atoms with Gasteiger partial charge in [-0.3, -0.25) is 0 Å². The fourth-order valence-corrected chi connectivity index (χ4v) is 3.23. The van der Waals surface area contributed by atoms with Gasteiger partial charge in [-0.1, -0.05) is 26.5 Å². The van der Waals surface area contributed by atoms with Crippen LogP contribution in [-0.4, -0.2) is 21.8 Å². The van der Waals surface area contributed by atoms with E-state index in [0.29, 0.717) is 4.58 Å². The van der Waals surface area contributed by atoms with Crippen molar-refractivity contribution in [1.29, 1.82) is 0 Å². The second-order valence-electron chi connectivity index (χ2n) is 1.51. The average molecular weight is 181 g/mol. The van der Waals surface area contributed by atoms with Gasteiger partial charge in [0.15, 0.2) is 0 Å². The molecule has 0 aromatic rings. The molecule has 0 aromatic heterocycles. The van der Waals surface area contributed by atoms with Crippen molar-refractivity contribution in [1.82, 2.24) is 0 Å². The molecule has 0 atom stereocenters.